The predicted octanol–water partition coefficient (Wildman–Crippen LogP) is 10.6. The predicted molar refractivity (Wildman–Crippen MR) is 205 cm³/mol. The molecule has 0 unspecified atom stereocenters. The van der Waals surface area contributed by atoms with Gasteiger partial charge in [0.2, 0.25) is 0 Å². The van der Waals surface area contributed by atoms with E-state index >= 15 is 0 Å². The van der Waals surface area contributed by atoms with Crippen molar-refractivity contribution < 1.29 is 28.0 Å². The van der Waals surface area contributed by atoms with Crippen LogP contribution in [0, 0.1) is 37.3 Å². The number of hydrogen-bond acceptors (Lipinski definition) is 9. The molecule has 0 atom stereocenters. The van der Waals surface area contributed by atoms with Gasteiger partial charge in [-0.15, -0.1) is 0 Å². The van der Waals surface area contributed by atoms with Gasteiger partial charge in [0.1, 0.15) is 0 Å². The van der Waals surface area contributed by atoms with Crippen LogP contribution in [0.25, 0.3) is 33.4 Å². The second-order valence-corrected chi connectivity index (χ2v) is 17.5. The number of nitro benzene ring substituents is 3. The van der Waals surface area contributed by atoms with Crippen LogP contribution in [-0.4, -0.2) is 30.5 Å². The Kier molecular flexibility index (Phi) is 10.8. The molecule has 0 radical (unpaired) electrons. The molecule has 0 saturated carbocycles. The Morgan fingerprint density at radius 2 is 0.774 bits per heavy atom. The molecule has 0 N–H and O–H groups in total. The molecule has 0 amide bonds. The first-order valence-electron chi connectivity index (χ1n) is 16.5. The van der Waals surface area contributed by atoms with E-state index in [0.29, 0.717) is 44.6 Å². The zero-order valence-electron chi connectivity index (χ0n) is 28.9. The number of rotatable bonds is 13. The Bertz CT molecular complexity index is 2310. The van der Waals surface area contributed by atoms with Crippen molar-refractivity contribution in [3.05, 3.63) is 163 Å². The van der Waals surface area contributed by atoms with Crippen LogP contribution in [0.15, 0.2) is 127 Å². The van der Waals surface area contributed by atoms with E-state index in [1.165, 1.54) is 36.4 Å². The van der Waals surface area contributed by atoms with Gasteiger partial charge >= 0.3 is 233 Å². The van der Waals surface area contributed by atoms with Crippen molar-refractivity contribution in [1.29, 1.82) is 0 Å². The summed E-state index contributed by atoms with van der Waals surface area (Å²) in [7, 11) is 0. The fourth-order valence-electron chi connectivity index (χ4n) is 5.57. The van der Waals surface area contributed by atoms with E-state index in [2.05, 4.69) is 13.8 Å². The fourth-order valence-corrected chi connectivity index (χ4v) is 7.03. The van der Waals surface area contributed by atoms with Crippen LogP contribution in [0.5, 0.6) is 28.7 Å². The average molecular weight is 772 g/mol. The van der Waals surface area contributed by atoms with Gasteiger partial charge in [-0.05, 0) is 24.6 Å². The Labute approximate surface area is 310 Å². The van der Waals surface area contributed by atoms with Gasteiger partial charge in [0, 0.05) is 12.1 Å². The van der Waals surface area contributed by atoms with Crippen molar-refractivity contribution in [1.82, 2.24) is 0 Å². The summed E-state index contributed by atoms with van der Waals surface area (Å²) in [5.74, 6) is 2.45. The molecule has 53 heavy (non-hydrogen) atoms. The molecule has 0 saturated heterocycles. The summed E-state index contributed by atoms with van der Waals surface area (Å²) in [6.07, 6.45) is 0. The van der Waals surface area contributed by atoms with Gasteiger partial charge in [-0.2, -0.15) is 0 Å². The van der Waals surface area contributed by atoms with E-state index < -0.39 is 30.5 Å². The molecule has 6 rings (SSSR count). The first-order valence-corrected chi connectivity index (χ1v) is 19.5. The number of aryl methyl sites for hydroxylation is 1. The molecular formula is C40H33GeN3O9. The van der Waals surface area contributed by atoms with Gasteiger partial charge in [0.05, 0.1) is 9.85 Å². The van der Waals surface area contributed by atoms with Gasteiger partial charge in [-0.25, -0.2) is 0 Å². The third-order valence-corrected chi connectivity index (χ3v) is 10.5. The summed E-state index contributed by atoms with van der Waals surface area (Å²) >= 11 is -1.40. The fraction of sp³-hybridized carbons (Fsp3) is 0.100. The maximum atomic E-state index is 11.4. The molecule has 6 aromatic rings. The van der Waals surface area contributed by atoms with E-state index in [1.54, 1.807) is 60.7 Å². The molecule has 6 aromatic carbocycles. The summed E-state index contributed by atoms with van der Waals surface area (Å²) in [5, 5.41) is 33.8. The molecule has 12 nitrogen and oxygen atoms in total. The molecule has 266 valence electrons. The molecule has 0 heterocycles. The molecular weight excluding hydrogens is 739 g/mol. The summed E-state index contributed by atoms with van der Waals surface area (Å²) < 4.78 is 19.6. The average Bonchev–Trinajstić information content (AvgIpc) is 3.13. The third kappa shape index (κ3) is 9.23. The summed E-state index contributed by atoms with van der Waals surface area (Å²) in [5.41, 5.74) is 5.28. The van der Waals surface area contributed by atoms with Crippen LogP contribution in [0.1, 0.15) is 19.4 Å². The van der Waals surface area contributed by atoms with Crippen LogP contribution >= 0.6 is 0 Å². The molecule has 0 aliphatic heterocycles. The van der Waals surface area contributed by atoms with Crippen molar-refractivity contribution in [2.75, 3.05) is 0 Å². The summed E-state index contributed by atoms with van der Waals surface area (Å²) in [6.45, 7) is 6.15. The zero-order valence-corrected chi connectivity index (χ0v) is 31.9. The van der Waals surface area contributed by atoms with E-state index in [-0.39, 0.29) is 17.1 Å². The molecule has 0 spiro atoms. The second-order valence-electron chi connectivity index (χ2n) is 12.7. The molecule has 0 bridgehead atoms. The SMILES string of the molecule is Cc1cc(Oc2cc(Oc3cc([O][GeH2][CH](C)C)cc(-c4ccc([N+](=O)[O-])cc4)c3)cc(-c3ccc([N+](=O)[O-])cc3)c2)cc(-c2ccc([N+](=O)[O-])cc2)c1. The molecule has 0 aromatic heterocycles. The van der Waals surface area contributed by atoms with Crippen molar-refractivity contribution >= 4 is 32.8 Å². The molecule has 13 heteroatoms. The van der Waals surface area contributed by atoms with Crippen LogP contribution in [-0.2, 0) is 0 Å². The van der Waals surface area contributed by atoms with Crippen molar-refractivity contribution in [2.45, 2.75) is 25.5 Å². The second kappa shape index (κ2) is 15.8. The Morgan fingerprint density at radius 3 is 1.13 bits per heavy atom. The number of nitro groups is 3. The number of non-ortho nitro benzene ring substituents is 3. The smallest absolute Gasteiger partial charge is 0.258 e. The minimum absolute atomic E-state index is 0.00634. The molecule has 0 fully saturated rings. The maximum absolute atomic E-state index is 11.4. The Balaban J connectivity index is 1.39. The first-order chi connectivity index (χ1) is 25.4. The van der Waals surface area contributed by atoms with E-state index in [0.717, 1.165) is 27.8 Å². The monoisotopic (exact) mass is 773 g/mol. The number of ether oxygens (including phenoxy) is 2. The third-order valence-electron chi connectivity index (χ3n) is 8.10. The van der Waals surface area contributed by atoms with Crippen molar-refractivity contribution in [3.63, 3.8) is 0 Å². The van der Waals surface area contributed by atoms with Crippen LogP contribution < -0.4 is 13.2 Å². The summed E-state index contributed by atoms with van der Waals surface area (Å²) in [6, 6.07) is 35.2. The molecule has 0 aliphatic carbocycles. The molecule has 0 aliphatic rings. The number of hydrogen-bond donors (Lipinski definition) is 0. The van der Waals surface area contributed by atoms with E-state index in [4.69, 9.17) is 13.2 Å². The minimum atomic E-state index is -1.40. The van der Waals surface area contributed by atoms with Gasteiger partial charge in [-0.1, -0.05) is 6.07 Å². The zero-order chi connectivity index (χ0) is 37.6. The van der Waals surface area contributed by atoms with Crippen LogP contribution in [0.3, 0.4) is 0 Å². The van der Waals surface area contributed by atoms with Gasteiger partial charge in [-0.3, -0.25) is 20.2 Å². The van der Waals surface area contributed by atoms with Crippen LogP contribution in [0.4, 0.5) is 17.1 Å². The Hall–Kier alpha value is -6.54. The van der Waals surface area contributed by atoms with Crippen molar-refractivity contribution in [3.8, 4) is 62.1 Å². The normalized spacial score (nSPS) is 11.1. The van der Waals surface area contributed by atoms with Gasteiger partial charge in [0.25, 0.3) is 5.69 Å². The van der Waals surface area contributed by atoms with E-state index in [9.17, 15) is 30.3 Å². The van der Waals surface area contributed by atoms with Gasteiger partial charge < -0.3 is 0 Å². The van der Waals surface area contributed by atoms with Crippen LogP contribution in [0.2, 0.25) is 4.75 Å². The minimum Gasteiger partial charge on any atom is -0.258 e. The Morgan fingerprint density at radius 1 is 0.453 bits per heavy atom. The number of nitrogens with zero attached hydrogens (tertiary/aromatic N) is 3. The van der Waals surface area contributed by atoms with Crippen molar-refractivity contribution in [2.24, 2.45) is 0 Å². The number of benzene rings is 6. The summed E-state index contributed by atoms with van der Waals surface area (Å²) in [4.78, 5) is 32.5. The van der Waals surface area contributed by atoms with E-state index in [1.807, 2.05) is 37.3 Å². The quantitative estimate of drug-likeness (QED) is 0.0633. The topological polar surface area (TPSA) is 157 Å². The first kappa shape index (κ1) is 36.3. The standard InChI is InChI=1S/C40H33GeN3O9/c1-25(2)41-53-40-22-32(29-8-14-35(15-9-29)44(49)50)21-39(24-40)52-38-20-31(28-6-12-34(13-7-28)43(47)48)19-37(23-38)51-36-17-26(3)16-30(18-36)27-4-10-33(11-5-27)42(45)46/h4-25H,41H2,1-3H3. The van der Waals surface area contributed by atoms with Gasteiger partial charge in [0.15, 0.2) is 0 Å².